The van der Waals surface area contributed by atoms with Gasteiger partial charge in [-0.05, 0) is 6.54 Å². The number of hydrogen-bond donors (Lipinski definition) is 1. The van der Waals surface area contributed by atoms with Gasteiger partial charge in [-0.25, -0.2) is 4.98 Å². The van der Waals surface area contributed by atoms with Crippen molar-refractivity contribution in [1.29, 1.82) is 0 Å². The van der Waals surface area contributed by atoms with E-state index in [9.17, 15) is 8.78 Å². The lowest BCUT2D eigenvalue weighted by Gasteiger charge is -2.16. The van der Waals surface area contributed by atoms with Crippen molar-refractivity contribution in [3.05, 3.63) is 54.1 Å². The molecule has 0 amide bonds. The van der Waals surface area contributed by atoms with E-state index in [1.807, 2.05) is 6.92 Å². The summed E-state index contributed by atoms with van der Waals surface area (Å²) in [7, 11) is 0. The third kappa shape index (κ3) is 3.61. The Morgan fingerprint density at radius 3 is 2.68 bits per heavy atom. The van der Waals surface area contributed by atoms with Crippen LogP contribution < -0.4 is 5.32 Å². The number of rotatable bonds is 6. The number of aromatic nitrogens is 2. The predicted molar refractivity (Wildman–Crippen MR) is 69.9 cm³/mol. The lowest BCUT2D eigenvalue weighted by molar-refractivity contribution is -0.0222. The Bertz CT molecular complexity index is 508. The highest BCUT2D eigenvalue weighted by Gasteiger charge is 2.31. The molecule has 0 saturated heterocycles. The molecular weight excluding hydrogens is 248 g/mol. The van der Waals surface area contributed by atoms with Crippen LogP contribution in [0.4, 0.5) is 8.78 Å². The van der Waals surface area contributed by atoms with Gasteiger partial charge in [0.15, 0.2) is 0 Å². The molecule has 0 aliphatic heterocycles. The van der Waals surface area contributed by atoms with Crippen LogP contribution in [-0.4, -0.2) is 16.1 Å². The van der Waals surface area contributed by atoms with Gasteiger partial charge in [0.05, 0.1) is 18.6 Å². The molecule has 1 aromatic heterocycles. The Morgan fingerprint density at radius 2 is 2.00 bits per heavy atom. The van der Waals surface area contributed by atoms with E-state index in [0.717, 1.165) is 12.2 Å². The quantitative estimate of drug-likeness (QED) is 0.870. The minimum Gasteiger partial charge on any atom is -0.331 e. The molecule has 3 nitrogen and oxygen atoms in total. The van der Waals surface area contributed by atoms with E-state index in [2.05, 4.69) is 10.3 Å². The Kier molecular flexibility index (Phi) is 4.27. The molecule has 2 rings (SSSR count). The number of halogens is 2. The SMILES string of the molecule is CCNCc1cn(CC(F)(F)c2ccccc2)cn1. The fourth-order valence-electron chi connectivity index (χ4n) is 1.84. The zero-order valence-corrected chi connectivity index (χ0v) is 10.8. The molecule has 0 radical (unpaired) electrons. The monoisotopic (exact) mass is 265 g/mol. The molecule has 1 heterocycles. The van der Waals surface area contributed by atoms with Gasteiger partial charge in [0.2, 0.25) is 0 Å². The number of hydrogen-bond acceptors (Lipinski definition) is 2. The second-order valence-corrected chi connectivity index (χ2v) is 4.39. The largest absolute Gasteiger partial charge is 0.331 e. The molecular formula is C14H17F2N3. The van der Waals surface area contributed by atoms with Gasteiger partial charge in [-0.2, -0.15) is 8.78 Å². The van der Waals surface area contributed by atoms with Crippen molar-refractivity contribution >= 4 is 0 Å². The van der Waals surface area contributed by atoms with Crippen molar-refractivity contribution in [1.82, 2.24) is 14.9 Å². The van der Waals surface area contributed by atoms with E-state index in [1.54, 1.807) is 24.4 Å². The topological polar surface area (TPSA) is 29.9 Å². The maximum absolute atomic E-state index is 14.0. The first-order chi connectivity index (χ1) is 9.12. The maximum Gasteiger partial charge on any atom is 0.290 e. The minimum atomic E-state index is -2.89. The summed E-state index contributed by atoms with van der Waals surface area (Å²) >= 11 is 0. The summed E-state index contributed by atoms with van der Waals surface area (Å²) in [6, 6.07) is 7.85. The zero-order chi connectivity index (χ0) is 13.7. The van der Waals surface area contributed by atoms with Crippen molar-refractivity contribution < 1.29 is 8.78 Å². The van der Waals surface area contributed by atoms with Gasteiger partial charge in [0.1, 0.15) is 0 Å². The Hall–Kier alpha value is -1.75. The van der Waals surface area contributed by atoms with Crippen LogP contribution in [-0.2, 0) is 19.0 Å². The fraction of sp³-hybridized carbons (Fsp3) is 0.357. The Morgan fingerprint density at radius 1 is 1.26 bits per heavy atom. The van der Waals surface area contributed by atoms with E-state index in [0.29, 0.717) is 6.54 Å². The number of benzene rings is 1. The first-order valence-electron chi connectivity index (χ1n) is 6.26. The molecule has 102 valence electrons. The van der Waals surface area contributed by atoms with E-state index in [1.165, 1.54) is 23.0 Å². The highest BCUT2D eigenvalue weighted by atomic mass is 19.3. The fourth-order valence-corrected chi connectivity index (χ4v) is 1.84. The molecule has 2 aromatic rings. The normalized spacial score (nSPS) is 11.7. The van der Waals surface area contributed by atoms with Gasteiger partial charge in [-0.3, -0.25) is 0 Å². The van der Waals surface area contributed by atoms with Crippen LogP contribution in [0.2, 0.25) is 0 Å². The molecule has 0 spiro atoms. The number of imidazole rings is 1. The molecule has 5 heteroatoms. The molecule has 19 heavy (non-hydrogen) atoms. The Balaban J connectivity index is 2.05. The summed E-state index contributed by atoms with van der Waals surface area (Å²) in [5.41, 5.74) is 0.794. The van der Waals surface area contributed by atoms with Crippen LogP contribution in [0, 0.1) is 0 Å². The zero-order valence-electron chi connectivity index (χ0n) is 10.8. The van der Waals surface area contributed by atoms with Crippen LogP contribution in [0.5, 0.6) is 0 Å². The van der Waals surface area contributed by atoms with Crippen molar-refractivity contribution in [3.63, 3.8) is 0 Å². The molecule has 1 aromatic carbocycles. The van der Waals surface area contributed by atoms with Crippen LogP contribution in [0.15, 0.2) is 42.9 Å². The molecule has 0 aliphatic rings. The van der Waals surface area contributed by atoms with Gasteiger partial charge in [-0.1, -0.05) is 37.3 Å². The summed E-state index contributed by atoms with van der Waals surface area (Å²) < 4.78 is 29.5. The lowest BCUT2D eigenvalue weighted by atomic mass is 10.1. The van der Waals surface area contributed by atoms with Crippen LogP contribution in [0.3, 0.4) is 0 Å². The summed E-state index contributed by atoms with van der Waals surface area (Å²) in [6.45, 7) is 3.02. The number of nitrogens with zero attached hydrogens (tertiary/aromatic N) is 2. The van der Waals surface area contributed by atoms with Crippen molar-refractivity contribution in [2.24, 2.45) is 0 Å². The van der Waals surface area contributed by atoms with Crippen molar-refractivity contribution in [3.8, 4) is 0 Å². The van der Waals surface area contributed by atoms with E-state index in [4.69, 9.17) is 0 Å². The first kappa shape index (κ1) is 13.7. The standard InChI is InChI=1S/C14H17F2N3/c1-2-17-8-13-9-19(11-18-13)10-14(15,16)12-6-4-3-5-7-12/h3-7,9,11,17H,2,8,10H2,1H3. The maximum atomic E-state index is 14.0. The first-order valence-corrected chi connectivity index (χ1v) is 6.26. The van der Waals surface area contributed by atoms with Crippen LogP contribution in [0.25, 0.3) is 0 Å². The summed E-state index contributed by atoms with van der Waals surface area (Å²) in [6.07, 6.45) is 3.10. The third-order valence-electron chi connectivity index (χ3n) is 2.82. The van der Waals surface area contributed by atoms with Crippen molar-refractivity contribution in [2.75, 3.05) is 6.54 Å². The third-order valence-corrected chi connectivity index (χ3v) is 2.82. The van der Waals surface area contributed by atoms with E-state index >= 15 is 0 Å². The number of alkyl halides is 2. The average molecular weight is 265 g/mol. The Labute approximate surface area is 111 Å². The van der Waals surface area contributed by atoms with Gasteiger partial charge in [0.25, 0.3) is 5.92 Å². The smallest absolute Gasteiger partial charge is 0.290 e. The highest BCUT2D eigenvalue weighted by molar-refractivity contribution is 5.19. The molecule has 0 unspecified atom stereocenters. The molecule has 0 saturated carbocycles. The second-order valence-electron chi connectivity index (χ2n) is 4.39. The predicted octanol–water partition coefficient (Wildman–Crippen LogP) is 2.78. The second kappa shape index (κ2) is 5.93. The average Bonchev–Trinajstić information content (AvgIpc) is 2.84. The highest BCUT2D eigenvalue weighted by Crippen LogP contribution is 2.29. The summed E-state index contributed by atoms with van der Waals surface area (Å²) in [5.74, 6) is -2.89. The van der Waals surface area contributed by atoms with Gasteiger partial charge < -0.3 is 9.88 Å². The number of nitrogens with one attached hydrogen (secondary N) is 1. The van der Waals surface area contributed by atoms with E-state index in [-0.39, 0.29) is 5.56 Å². The molecule has 0 bridgehead atoms. The molecule has 0 fully saturated rings. The van der Waals surface area contributed by atoms with Crippen molar-refractivity contribution in [2.45, 2.75) is 25.9 Å². The lowest BCUT2D eigenvalue weighted by Crippen LogP contribution is -2.20. The van der Waals surface area contributed by atoms with Gasteiger partial charge in [-0.15, -0.1) is 0 Å². The minimum absolute atomic E-state index is 0.0249. The molecule has 0 aliphatic carbocycles. The van der Waals surface area contributed by atoms with E-state index < -0.39 is 12.5 Å². The van der Waals surface area contributed by atoms with Gasteiger partial charge in [0, 0.05) is 18.3 Å². The van der Waals surface area contributed by atoms with Gasteiger partial charge >= 0.3 is 0 Å². The molecule has 0 atom stereocenters. The van der Waals surface area contributed by atoms with Crippen LogP contribution >= 0.6 is 0 Å². The summed E-state index contributed by atoms with van der Waals surface area (Å²) in [5, 5.41) is 3.11. The van der Waals surface area contributed by atoms with Crippen LogP contribution in [0.1, 0.15) is 18.2 Å². The molecule has 1 N–H and O–H groups in total. The summed E-state index contributed by atoms with van der Waals surface area (Å²) in [4.78, 5) is 4.10.